The Balaban J connectivity index is 1.99. The smallest absolute Gasteiger partial charge is 0.250 e. The van der Waals surface area contributed by atoms with Crippen molar-refractivity contribution in [3.63, 3.8) is 0 Å². The lowest BCUT2D eigenvalue weighted by Gasteiger charge is -2.09. The molecule has 0 saturated heterocycles. The van der Waals surface area contributed by atoms with Gasteiger partial charge in [0.2, 0.25) is 15.9 Å². The number of H-pyrrole nitrogens is 1. The van der Waals surface area contributed by atoms with Crippen molar-refractivity contribution < 1.29 is 17.2 Å². The molecular formula is C16H17FN4O3S. The molecule has 9 heteroatoms. The number of nitrogens with zero attached hydrogens (tertiary/aromatic N) is 2. The van der Waals surface area contributed by atoms with E-state index in [-0.39, 0.29) is 22.9 Å². The monoisotopic (exact) mass is 364 g/mol. The van der Waals surface area contributed by atoms with Crippen molar-refractivity contribution in [2.24, 2.45) is 0 Å². The van der Waals surface area contributed by atoms with Crippen LogP contribution in [0.25, 0.3) is 11.5 Å². The molecule has 3 rings (SSSR count). The van der Waals surface area contributed by atoms with Gasteiger partial charge in [0.05, 0.1) is 5.56 Å². The highest BCUT2D eigenvalue weighted by atomic mass is 32.2. The van der Waals surface area contributed by atoms with Crippen LogP contribution in [-0.4, -0.2) is 23.6 Å². The Morgan fingerprint density at radius 2 is 1.88 bits per heavy atom. The molecule has 0 saturated carbocycles. The van der Waals surface area contributed by atoms with E-state index < -0.39 is 15.8 Å². The first-order chi connectivity index (χ1) is 11.8. The lowest BCUT2D eigenvalue weighted by atomic mass is 10.2. The lowest BCUT2D eigenvalue weighted by Crippen LogP contribution is -2.24. The van der Waals surface area contributed by atoms with Crippen LogP contribution >= 0.6 is 0 Å². The van der Waals surface area contributed by atoms with Gasteiger partial charge >= 0.3 is 0 Å². The van der Waals surface area contributed by atoms with Crippen LogP contribution in [0.4, 0.5) is 4.39 Å². The molecule has 0 aliphatic carbocycles. The van der Waals surface area contributed by atoms with Gasteiger partial charge in [0, 0.05) is 30.4 Å². The summed E-state index contributed by atoms with van der Waals surface area (Å²) >= 11 is 0. The topological polar surface area (TPSA) is 101 Å². The van der Waals surface area contributed by atoms with Crippen molar-refractivity contribution in [1.29, 1.82) is 0 Å². The van der Waals surface area contributed by atoms with Crippen molar-refractivity contribution in [1.82, 2.24) is 19.9 Å². The van der Waals surface area contributed by atoms with Gasteiger partial charge in [0.25, 0.3) is 5.89 Å². The highest BCUT2D eigenvalue weighted by Gasteiger charge is 2.28. The third-order valence-electron chi connectivity index (χ3n) is 3.74. The molecule has 0 radical (unpaired) electrons. The lowest BCUT2D eigenvalue weighted by molar-refractivity contribution is 0.530. The van der Waals surface area contributed by atoms with Crippen molar-refractivity contribution in [2.75, 3.05) is 0 Å². The van der Waals surface area contributed by atoms with E-state index in [4.69, 9.17) is 4.42 Å². The summed E-state index contributed by atoms with van der Waals surface area (Å²) in [6, 6.07) is 5.99. The van der Waals surface area contributed by atoms with Crippen molar-refractivity contribution >= 4 is 10.0 Å². The second kappa shape index (κ2) is 6.41. The summed E-state index contributed by atoms with van der Waals surface area (Å²) in [5, 5.41) is 7.65. The van der Waals surface area contributed by atoms with E-state index in [1.54, 1.807) is 32.9 Å². The highest BCUT2D eigenvalue weighted by Crippen LogP contribution is 2.32. The minimum atomic E-state index is -3.93. The summed E-state index contributed by atoms with van der Waals surface area (Å²) in [6.45, 7) is 4.81. The van der Waals surface area contributed by atoms with Crippen molar-refractivity contribution in [3.05, 3.63) is 52.9 Å². The van der Waals surface area contributed by atoms with E-state index in [0.717, 1.165) is 0 Å². The first-order valence-electron chi connectivity index (χ1n) is 7.52. The van der Waals surface area contributed by atoms with Crippen LogP contribution in [-0.2, 0) is 16.6 Å². The van der Waals surface area contributed by atoms with Gasteiger partial charge < -0.3 is 9.40 Å². The molecule has 0 bridgehead atoms. The average Bonchev–Trinajstić information content (AvgIpc) is 3.09. The van der Waals surface area contributed by atoms with Crippen LogP contribution in [0.3, 0.4) is 0 Å². The Morgan fingerprint density at radius 3 is 2.52 bits per heavy atom. The number of sulfonamides is 1. The maximum absolute atomic E-state index is 13.7. The first-order valence-corrected chi connectivity index (χ1v) is 9.00. The molecule has 0 aliphatic heterocycles. The minimum absolute atomic E-state index is 0.0185. The molecule has 2 N–H and O–H groups in total. The van der Waals surface area contributed by atoms with E-state index in [9.17, 15) is 12.8 Å². The van der Waals surface area contributed by atoms with Crippen molar-refractivity contribution in [3.8, 4) is 11.5 Å². The molecule has 0 fully saturated rings. The summed E-state index contributed by atoms with van der Waals surface area (Å²) in [4.78, 5) is 3.00. The molecule has 0 amide bonds. The van der Waals surface area contributed by atoms with Gasteiger partial charge in [-0.05, 0) is 19.9 Å². The van der Waals surface area contributed by atoms with Gasteiger partial charge in [-0.3, -0.25) is 0 Å². The summed E-state index contributed by atoms with van der Waals surface area (Å²) in [5.41, 5.74) is 1.60. The maximum Gasteiger partial charge on any atom is 0.250 e. The molecule has 0 aliphatic rings. The zero-order chi connectivity index (χ0) is 18.2. The summed E-state index contributed by atoms with van der Waals surface area (Å²) in [6.07, 6.45) is 0. The number of halogens is 1. The molecule has 3 aromatic rings. The fourth-order valence-corrected chi connectivity index (χ4v) is 4.09. The van der Waals surface area contributed by atoms with Gasteiger partial charge in [0.15, 0.2) is 0 Å². The molecule has 132 valence electrons. The third kappa shape index (κ3) is 3.33. The number of benzene rings is 1. The van der Waals surface area contributed by atoms with Crippen LogP contribution in [0.15, 0.2) is 33.6 Å². The predicted octanol–water partition coefficient (Wildman–Crippen LogP) is 2.61. The number of aryl methyl sites for hydroxylation is 3. The normalized spacial score (nSPS) is 11.8. The molecular weight excluding hydrogens is 347 g/mol. The Hall–Kier alpha value is -2.52. The molecule has 0 spiro atoms. The summed E-state index contributed by atoms with van der Waals surface area (Å²) in [7, 11) is -3.93. The van der Waals surface area contributed by atoms with Gasteiger partial charge in [0.1, 0.15) is 10.7 Å². The van der Waals surface area contributed by atoms with E-state index >= 15 is 0 Å². The van der Waals surface area contributed by atoms with Gasteiger partial charge in [-0.2, -0.15) is 0 Å². The highest BCUT2D eigenvalue weighted by molar-refractivity contribution is 7.89. The van der Waals surface area contributed by atoms with Crippen LogP contribution in [0.1, 0.15) is 22.8 Å². The number of aromatic nitrogens is 3. The summed E-state index contributed by atoms with van der Waals surface area (Å²) < 4.78 is 47.2. The van der Waals surface area contributed by atoms with Crippen molar-refractivity contribution in [2.45, 2.75) is 32.2 Å². The predicted molar refractivity (Wildman–Crippen MR) is 88.7 cm³/mol. The Labute approximate surface area is 144 Å². The Morgan fingerprint density at radius 1 is 1.16 bits per heavy atom. The molecule has 25 heavy (non-hydrogen) atoms. The molecule has 0 atom stereocenters. The fraction of sp³-hybridized carbons (Fsp3) is 0.250. The fourth-order valence-electron chi connectivity index (χ4n) is 2.64. The Bertz CT molecular complexity index is 1020. The Kier molecular flexibility index (Phi) is 4.44. The van der Waals surface area contributed by atoms with Crippen LogP contribution in [0.2, 0.25) is 0 Å². The molecule has 2 heterocycles. The minimum Gasteiger partial charge on any atom is -0.421 e. The molecule has 7 nitrogen and oxygen atoms in total. The first kappa shape index (κ1) is 17.3. The number of rotatable bonds is 5. The largest absolute Gasteiger partial charge is 0.421 e. The van der Waals surface area contributed by atoms with Gasteiger partial charge in [-0.25, -0.2) is 17.5 Å². The number of hydrogen-bond acceptors (Lipinski definition) is 5. The van der Waals surface area contributed by atoms with E-state index in [1.165, 1.54) is 12.1 Å². The van der Waals surface area contributed by atoms with Crippen LogP contribution < -0.4 is 4.72 Å². The zero-order valence-electron chi connectivity index (χ0n) is 13.9. The number of nitrogens with one attached hydrogen (secondary N) is 2. The second-order valence-corrected chi connectivity index (χ2v) is 7.33. The van der Waals surface area contributed by atoms with Gasteiger partial charge in [-0.1, -0.05) is 18.2 Å². The maximum atomic E-state index is 13.7. The zero-order valence-corrected chi connectivity index (χ0v) is 14.7. The quantitative estimate of drug-likeness (QED) is 0.725. The standard InChI is InChI=1S/C16H17FN4O3S/c1-9-14(16-21-20-11(3)24-16)15(10(2)19-9)25(22,23)18-8-12-6-4-5-7-13(12)17/h4-7,18-19H,8H2,1-3H3. The average molecular weight is 364 g/mol. The SMILES string of the molecule is Cc1nnc(-c2c(C)[nH]c(C)c2S(=O)(=O)NCc2ccccc2F)o1. The third-order valence-corrected chi connectivity index (χ3v) is 5.31. The molecule has 2 aromatic heterocycles. The molecule has 0 unspecified atom stereocenters. The molecule has 1 aromatic carbocycles. The van der Waals surface area contributed by atoms with E-state index in [2.05, 4.69) is 19.9 Å². The second-order valence-electron chi connectivity index (χ2n) is 5.62. The van der Waals surface area contributed by atoms with Gasteiger partial charge in [-0.15, -0.1) is 10.2 Å². The van der Waals surface area contributed by atoms with E-state index in [1.807, 2.05) is 0 Å². The number of hydrogen-bond donors (Lipinski definition) is 2. The number of aromatic amines is 1. The van der Waals surface area contributed by atoms with Crippen LogP contribution in [0, 0.1) is 26.6 Å². The van der Waals surface area contributed by atoms with E-state index in [0.29, 0.717) is 22.8 Å². The van der Waals surface area contributed by atoms with Crippen LogP contribution in [0.5, 0.6) is 0 Å². The summed E-state index contributed by atoms with van der Waals surface area (Å²) in [5.74, 6) is -0.0264.